The number of imidazole rings is 1. The molecule has 1 aromatic carbocycles. The zero-order valence-electron chi connectivity index (χ0n) is 13.5. The van der Waals surface area contributed by atoms with Gasteiger partial charge in [0.2, 0.25) is 5.91 Å². The van der Waals surface area contributed by atoms with E-state index in [9.17, 15) is 4.79 Å². The van der Waals surface area contributed by atoms with Crippen LogP contribution >= 0.6 is 0 Å². The van der Waals surface area contributed by atoms with Gasteiger partial charge in [-0.2, -0.15) is 0 Å². The van der Waals surface area contributed by atoms with E-state index in [0.29, 0.717) is 0 Å². The SMILES string of the molecule is COCC(=O)N1CCN(Cc2nc3ccc(OC)cc3[nH]2)CC1. The molecule has 0 bridgehead atoms. The summed E-state index contributed by atoms with van der Waals surface area (Å²) in [5, 5.41) is 0. The van der Waals surface area contributed by atoms with Crippen molar-refractivity contribution in [3.05, 3.63) is 24.0 Å². The van der Waals surface area contributed by atoms with Crippen molar-refractivity contribution in [2.45, 2.75) is 6.54 Å². The van der Waals surface area contributed by atoms with Crippen molar-refractivity contribution in [3.63, 3.8) is 0 Å². The molecule has 7 heteroatoms. The van der Waals surface area contributed by atoms with E-state index in [1.807, 2.05) is 23.1 Å². The van der Waals surface area contributed by atoms with Gasteiger partial charge in [0, 0.05) is 39.4 Å². The summed E-state index contributed by atoms with van der Waals surface area (Å²) in [5.74, 6) is 1.81. The van der Waals surface area contributed by atoms with Crippen LogP contribution in [0.15, 0.2) is 18.2 Å². The summed E-state index contributed by atoms with van der Waals surface area (Å²) in [5.41, 5.74) is 1.92. The van der Waals surface area contributed by atoms with E-state index in [4.69, 9.17) is 9.47 Å². The van der Waals surface area contributed by atoms with E-state index < -0.39 is 0 Å². The van der Waals surface area contributed by atoms with Crippen LogP contribution in [0.25, 0.3) is 11.0 Å². The first-order valence-corrected chi connectivity index (χ1v) is 7.71. The molecule has 1 aliphatic heterocycles. The van der Waals surface area contributed by atoms with Crippen molar-refractivity contribution >= 4 is 16.9 Å². The maximum atomic E-state index is 11.8. The molecular weight excluding hydrogens is 296 g/mol. The highest BCUT2D eigenvalue weighted by molar-refractivity contribution is 5.77. The van der Waals surface area contributed by atoms with Gasteiger partial charge in [-0.1, -0.05) is 0 Å². The van der Waals surface area contributed by atoms with Crippen LogP contribution in [-0.2, 0) is 16.1 Å². The van der Waals surface area contributed by atoms with Crippen LogP contribution in [-0.4, -0.2) is 72.7 Å². The van der Waals surface area contributed by atoms with Gasteiger partial charge in [0.25, 0.3) is 0 Å². The largest absolute Gasteiger partial charge is 0.497 e. The fraction of sp³-hybridized carbons (Fsp3) is 0.500. The lowest BCUT2D eigenvalue weighted by Crippen LogP contribution is -2.49. The number of ether oxygens (including phenoxy) is 2. The molecule has 1 aromatic heterocycles. The molecule has 7 nitrogen and oxygen atoms in total. The Hall–Kier alpha value is -2.12. The van der Waals surface area contributed by atoms with E-state index in [1.165, 1.54) is 0 Å². The summed E-state index contributed by atoms with van der Waals surface area (Å²) in [4.78, 5) is 23.9. The maximum Gasteiger partial charge on any atom is 0.248 e. The molecule has 2 heterocycles. The second-order valence-electron chi connectivity index (χ2n) is 5.66. The molecule has 0 radical (unpaired) electrons. The number of fused-ring (bicyclic) bond motifs is 1. The van der Waals surface area contributed by atoms with Crippen LogP contribution in [0.2, 0.25) is 0 Å². The number of amides is 1. The predicted molar refractivity (Wildman–Crippen MR) is 86.4 cm³/mol. The standard InChI is InChI=1S/C16H22N4O3/c1-22-11-16(21)20-7-5-19(6-8-20)10-15-17-13-4-3-12(23-2)9-14(13)18-15/h3-4,9H,5-8,10-11H2,1-2H3,(H,17,18). The zero-order valence-corrected chi connectivity index (χ0v) is 13.5. The average molecular weight is 318 g/mol. The molecule has 0 unspecified atom stereocenters. The van der Waals surface area contributed by atoms with Crippen LogP contribution in [0.4, 0.5) is 0 Å². The number of H-pyrrole nitrogens is 1. The van der Waals surface area contributed by atoms with Gasteiger partial charge in [-0.05, 0) is 12.1 Å². The monoisotopic (exact) mass is 318 g/mol. The number of methoxy groups -OCH3 is 2. The van der Waals surface area contributed by atoms with Crippen LogP contribution in [0.5, 0.6) is 5.75 Å². The fourth-order valence-corrected chi connectivity index (χ4v) is 2.83. The minimum atomic E-state index is 0.0583. The number of benzene rings is 1. The molecule has 0 aliphatic carbocycles. The van der Waals surface area contributed by atoms with Crippen molar-refractivity contribution in [2.75, 3.05) is 47.0 Å². The number of aromatic nitrogens is 2. The first-order valence-electron chi connectivity index (χ1n) is 7.71. The van der Waals surface area contributed by atoms with Crippen molar-refractivity contribution in [1.29, 1.82) is 0 Å². The molecule has 1 N–H and O–H groups in total. The lowest BCUT2D eigenvalue weighted by Gasteiger charge is -2.34. The van der Waals surface area contributed by atoms with Gasteiger partial charge in [0.15, 0.2) is 0 Å². The molecule has 0 atom stereocenters. The van der Waals surface area contributed by atoms with E-state index in [-0.39, 0.29) is 12.5 Å². The minimum Gasteiger partial charge on any atom is -0.497 e. The van der Waals surface area contributed by atoms with Crippen molar-refractivity contribution in [3.8, 4) is 5.75 Å². The molecule has 0 spiro atoms. The number of hydrogen-bond acceptors (Lipinski definition) is 5. The highest BCUT2D eigenvalue weighted by atomic mass is 16.5. The third-order valence-corrected chi connectivity index (χ3v) is 4.10. The lowest BCUT2D eigenvalue weighted by atomic mass is 10.3. The van der Waals surface area contributed by atoms with E-state index in [2.05, 4.69) is 14.9 Å². The first kappa shape index (κ1) is 15.8. The Balaban J connectivity index is 1.59. The number of nitrogens with one attached hydrogen (secondary N) is 1. The number of piperazine rings is 1. The molecule has 3 rings (SSSR count). The third kappa shape index (κ3) is 3.62. The first-order chi connectivity index (χ1) is 11.2. The summed E-state index contributed by atoms with van der Waals surface area (Å²) >= 11 is 0. The number of rotatable bonds is 5. The molecule has 23 heavy (non-hydrogen) atoms. The molecule has 1 amide bonds. The Morgan fingerprint density at radius 3 is 2.74 bits per heavy atom. The van der Waals surface area contributed by atoms with Crippen LogP contribution in [0.1, 0.15) is 5.82 Å². The number of carbonyl (C=O) groups excluding carboxylic acids is 1. The van der Waals surface area contributed by atoms with Gasteiger partial charge in [-0.25, -0.2) is 4.98 Å². The summed E-state index contributed by atoms with van der Waals surface area (Å²) in [6.07, 6.45) is 0. The van der Waals surface area contributed by atoms with Crippen LogP contribution < -0.4 is 4.74 Å². The Bertz CT molecular complexity index is 677. The van der Waals surface area contributed by atoms with Gasteiger partial charge in [-0.3, -0.25) is 9.69 Å². The van der Waals surface area contributed by atoms with Gasteiger partial charge in [0.1, 0.15) is 18.2 Å². The van der Waals surface area contributed by atoms with Gasteiger partial charge in [0.05, 0.1) is 24.7 Å². The molecular formula is C16H22N4O3. The topological polar surface area (TPSA) is 70.7 Å². The van der Waals surface area contributed by atoms with Crippen molar-refractivity contribution in [2.24, 2.45) is 0 Å². The lowest BCUT2D eigenvalue weighted by molar-refractivity contribution is -0.136. The van der Waals surface area contributed by atoms with Crippen molar-refractivity contribution < 1.29 is 14.3 Å². The molecule has 124 valence electrons. The smallest absolute Gasteiger partial charge is 0.248 e. The third-order valence-electron chi connectivity index (χ3n) is 4.10. The Labute approximate surface area is 135 Å². The Morgan fingerprint density at radius 2 is 2.04 bits per heavy atom. The molecule has 0 saturated carbocycles. The predicted octanol–water partition coefficient (Wildman–Crippen LogP) is 0.862. The number of nitrogens with zero attached hydrogens (tertiary/aromatic N) is 3. The normalized spacial score (nSPS) is 16.0. The summed E-state index contributed by atoms with van der Waals surface area (Å²) in [6, 6.07) is 5.82. The molecule has 1 fully saturated rings. The van der Waals surface area contributed by atoms with Gasteiger partial charge < -0.3 is 19.4 Å². The molecule has 1 aliphatic rings. The average Bonchev–Trinajstić information content (AvgIpc) is 2.96. The van der Waals surface area contributed by atoms with E-state index in [1.54, 1.807) is 14.2 Å². The maximum absolute atomic E-state index is 11.8. The highest BCUT2D eigenvalue weighted by Gasteiger charge is 2.21. The summed E-state index contributed by atoms with van der Waals surface area (Å²) in [6.45, 7) is 4.06. The quantitative estimate of drug-likeness (QED) is 0.885. The van der Waals surface area contributed by atoms with Crippen LogP contribution in [0.3, 0.4) is 0 Å². The Morgan fingerprint density at radius 1 is 1.26 bits per heavy atom. The number of hydrogen-bond donors (Lipinski definition) is 1. The minimum absolute atomic E-state index is 0.0583. The second-order valence-corrected chi connectivity index (χ2v) is 5.66. The van der Waals surface area contributed by atoms with Crippen LogP contribution in [0, 0.1) is 0 Å². The molecule has 1 saturated heterocycles. The second kappa shape index (κ2) is 6.97. The van der Waals surface area contributed by atoms with Gasteiger partial charge in [-0.15, -0.1) is 0 Å². The number of aromatic amines is 1. The molecule has 2 aromatic rings. The van der Waals surface area contributed by atoms with E-state index in [0.717, 1.165) is 55.3 Å². The number of carbonyl (C=O) groups is 1. The van der Waals surface area contributed by atoms with Gasteiger partial charge >= 0.3 is 0 Å². The van der Waals surface area contributed by atoms with Crippen molar-refractivity contribution in [1.82, 2.24) is 19.8 Å². The highest BCUT2D eigenvalue weighted by Crippen LogP contribution is 2.19. The van der Waals surface area contributed by atoms with E-state index >= 15 is 0 Å². The Kier molecular flexibility index (Phi) is 4.78. The zero-order chi connectivity index (χ0) is 16.2. The summed E-state index contributed by atoms with van der Waals surface area (Å²) < 4.78 is 10.1. The summed E-state index contributed by atoms with van der Waals surface area (Å²) in [7, 11) is 3.20. The fourth-order valence-electron chi connectivity index (χ4n) is 2.83.